The number of hydrogen-bond acceptors (Lipinski definition) is 3. The normalized spacial score (nSPS) is 13.6. The Balaban J connectivity index is 2.50. The summed E-state index contributed by atoms with van der Waals surface area (Å²) in [6, 6.07) is 8.41. The Morgan fingerprint density at radius 3 is 2.23 bits per heavy atom. The monoisotopic (exact) mass is 370 g/mol. The van der Waals surface area contributed by atoms with Crippen molar-refractivity contribution in [1.82, 2.24) is 10.6 Å². The van der Waals surface area contributed by atoms with Gasteiger partial charge in [-0.05, 0) is 59.2 Å². The molecular formula is C17H27BrN2O2. The van der Waals surface area contributed by atoms with Gasteiger partial charge >= 0.3 is 6.09 Å². The van der Waals surface area contributed by atoms with Crippen molar-refractivity contribution in [1.29, 1.82) is 0 Å². The van der Waals surface area contributed by atoms with Gasteiger partial charge in [0.1, 0.15) is 5.60 Å². The smallest absolute Gasteiger partial charge is 0.408 e. The highest BCUT2D eigenvalue weighted by atomic mass is 79.9. The topological polar surface area (TPSA) is 50.4 Å². The maximum absolute atomic E-state index is 11.9. The lowest BCUT2D eigenvalue weighted by Gasteiger charge is -2.30. The Morgan fingerprint density at radius 2 is 1.73 bits per heavy atom. The molecule has 124 valence electrons. The number of hydrogen-bond donors (Lipinski definition) is 2. The SMILES string of the molecule is CC(NCC(C)(C)NC(=O)OC(C)(C)C)c1ccc(Br)cc1. The first-order chi connectivity index (χ1) is 9.98. The zero-order valence-corrected chi connectivity index (χ0v) is 15.9. The number of ether oxygens (including phenoxy) is 1. The number of carbonyl (C=O) groups excluding carboxylic acids is 1. The predicted molar refractivity (Wildman–Crippen MR) is 94.0 cm³/mol. The molecule has 0 radical (unpaired) electrons. The molecule has 0 bridgehead atoms. The fraction of sp³-hybridized carbons (Fsp3) is 0.588. The molecule has 1 unspecified atom stereocenters. The molecule has 0 aliphatic heterocycles. The van der Waals surface area contributed by atoms with Crippen molar-refractivity contribution in [3.8, 4) is 0 Å². The minimum atomic E-state index is -0.488. The van der Waals surface area contributed by atoms with E-state index < -0.39 is 17.2 Å². The van der Waals surface area contributed by atoms with E-state index in [0.717, 1.165) is 4.47 Å². The van der Waals surface area contributed by atoms with Gasteiger partial charge in [-0.1, -0.05) is 28.1 Å². The first-order valence-corrected chi connectivity index (χ1v) is 8.28. The molecule has 1 aromatic rings. The maximum atomic E-state index is 11.9. The van der Waals surface area contributed by atoms with Gasteiger partial charge < -0.3 is 15.4 Å². The van der Waals surface area contributed by atoms with E-state index in [2.05, 4.69) is 45.6 Å². The fourth-order valence-electron chi connectivity index (χ4n) is 1.90. The molecule has 1 rings (SSSR count). The van der Waals surface area contributed by atoms with E-state index in [1.807, 2.05) is 46.8 Å². The molecule has 2 N–H and O–H groups in total. The zero-order chi connectivity index (χ0) is 17.0. The van der Waals surface area contributed by atoms with Crippen molar-refractivity contribution in [2.45, 2.75) is 58.7 Å². The van der Waals surface area contributed by atoms with Crippen LogP contribution in [0, 0.1) is 0 Å². The average Bonchev–Trinajstić information content (AvgIpc) is 2.33. The van der Waals surface area contributed by atoms with E-state index >= 15 is 0 Å². The third kappa shape index (κ3) is 7.27. The van der Waals surface area contributed by atoms with Gasteiger partial charge in [-0.2, -0.15) is 0 Å². The molecule has 1 aromatic carbocycles. The lowest BCUT2D eigenvalue weighted by atomic mass is 10.0. The summed E-state index contributed by atoms with van der Waals surface area (Å²) in [6.07, 6.45) is -0.393. The summed E-state index contributed by atoms with van der Waals surface area (Å²) < 4.78 is 6.36. The summed E-state index contributed by atoms with van der Waals surface area (Å²) >= 11 is 3.43. The zero-order valence-electron chi connectivity index (χ0n) is 14.3. The van der Waals surface area contributed by atoms with Gasteiger partial charge in [0.25, 0.3) is 0 Å². The average molecular weight is 371 g/mol. The second-order valence-corrected chi connectivity index (χ2v) is 8.08. The fourth-order valence-corrected chi connectivity index (χ4v) is 2.17. The second-order valence-electron chi connectivity index (χ2n) is 7.16. The molecule has 5 heteroatoms. The molecule has 0 aliphatic carbocycles. The number of alkyl carbamates (subject to hydrolysis) is 1. The highest BCUT2D eigenvalue weighted by Crippen LogP contribution is 2.17. The summed E-state index contributed by atoms with van der Waals surface area (Å²) in [5.41, 5.74) is 0.320. The van der Waals surface area contributed by atoms with Crippen molar-refractivity contribution < 1.29 is 9.53 Å². The van der Waals surface area contributed by atoms with Crippen LogP contribution in [0.5, 0.6) is 0 Å². The van der Waals surface area contributed by atoms with Gasteiger partial charge in [-0.25, -0.2) is 4.79 Å². The molecule has 0 saturated heterocycles. The molecular weight excluding hydrogens is 344 g/mol. The van der Waals surface area contributed by atoms with E-state index in [9.17, 15) is 4.79 Å². The molecule has 4 nitrogen and oxygen atoms in total. The van der Waals surface area contributed by atoms with Crippen molar-refractivity contribution in [3.63, 3.8) is 0 Å². The summed E-state index contributed by atoms with van der Waals surface area (Å²) in [5, 5.41) is 6.34. The van der Waals surface area contributed by atoms with Crippen LogP contribution in [0.3, 0.4) is 0 Å². The van der Waals surface area contributed by atoms with Crippen LogP contribution in [0.25, 0.3) is 0 Å². The highest BCUT2D eigenvalue weighted by Gasteiger charge is 2.24. The van der Waals surface area contributed by atoms with Crippen LogP contribution in [-0.2, 0) is 4.74 Å². The van der Waals surface area contributed by atoms with Crippen LogP contribution in [0.1, 0.15) is 53.1 Å². The van der Waals surface area contributed by atoms with Crippen molar-refractivity contribution >= 4 is 22.0 Å². The van der Waals surface area contributed by atoms with Crippen molar-refractivity contribution in [2.24, 2.45) is 0 Å². The number of amides is 1. The lowest BCUT2D eigenvalue weighted by molar-refractivity contribution is 0.0471. The molecule has 1 amide bonds. The van der Waals surface area contributed by atoms with Gasteiger partial charge in [0.15, 0.2) is 0 Å². The molecule has 0 aliphatic rings. The third-order valence-electron chi connectivity index (χ3n) is 3.06. The van der Waals surface area contributed by atoms with Crippen LogP contribution in [-0.4, -0.2) is 23.8 Å². The van der Waals surface area contributed by atoms with Crippen LogP contribution in [0.2, 0.25) is 0 Å². The maximum Gasteiger partial charge on any atom is 0.408 e. The number of halogens is 1. The third-order valence-corrected chi connectivity index (χ3v) is 3.59. The highest BCUT2D eigenvalue weighted by molar-refractivity contribution is 9.10. The molecule has 0 aromatic heterocycles. The van der Waals surface area contributed by atoms with Crippen LogP contribution in [0.4, 0.5) is 4.79 Å². The summed E-state index contributed by atoms with van der Waals surface area (Å²) in [7, 11) is 0. The van der Waals surface area contributed by atoms with Gasteiger partial charge in [-0.15, -0.1) is 0 Å². The Labute approximate surface area is 142 Å². The summed E-state index contributed by atoms with van der Waals surface area (Å²) in [5.74, 6) is 0. The number of carbonyl (C=O) groups is 1. The molecule has 1 atom stereocenters. The van der Waals surface area contributed by atoms with Gasteiger partial charge in [0, 0.05) is 17.1 Å². The van der Waals surface area contributed by atoms with Gasteiger partial charge in [-0.3, -0.25) is 0 Å². The summed E-state index contributed by atoms with van der Waals surface area (Å²) in [6.45, 7) is 12.3. The Bertz CT molecular complexity index is 492. The molecule has 0 heterocycles. The van der Waals surface area contributed by atoms with Crippen molar-refractivity contribution in [2.75, 3.05) is 6.54 Å². The molecule has 0 spiro atoms. The van der Waals surface area contributed by atoms with Crippen molar-refractivity contribution in [3.05, 3.63) is 34.3 Å². The molecule has 0 saturated carbocycles. The molecule has 0 fully saturated rings. The predicted octanol–water partition coefficient (Wildman–Crippen LogP) is 4.40. The standard InChI is InChI=1S/C17H27BrN2O2/c1-12(13-7-9-14(18)10-8-13)19-11-17(5,6)20-15(21)22-16(2,3)4/h7-10,12,19H,11H2,1-6H3,(H,20,21). The Kier molecular flexibility index (Phi) is 6.44. The first-order valence-electron chi connectivity index (χ1n) is 7.48. The van der Waals surface area contributed by atoms with E-state index in [4.69, 9.17) is 4.74 Å². The minimum absolute atomic E-state index is 0.202. The number of rotatable bonds is 5. The number of benzene rings is 1. The second kappa shape index (κ2) is 7.47. The largest absolute Gasteiger partial charge is 0.444 e. The number of nitrogens with one attached hydrogen (secondary N) is 2. The Morgan fingerprint density at radius 1 is 1.18 bits per heavy atom. The lowest BCUT2D eigenvalue weighted by Crippen LogP contribution is -2.51. The van der Waals surface area contributed by atoms with E-state index in [-0.39, 0.29) is 6.04 Å². The van der Waals surface area contributed by atoms with E-state index in [1.54, 1.807) is 0 Å². The first kappa shape index (κ1) is 19.0. The van der Waals surface area contributed by atoms with Crippen LogP contribution in [0.15, 0.2) is 28.7 Å². The van der Waals surface area contributed by atoms with E-state index in [0.29, 0.717) is 6.54 Å². The summed E-state index contributed by atoms with van der Waals surface area (Å²) in [4.78, 5) is 11.9. The quantitative estimate of drug-likeness (QED) is 0.807. The minimum Gasteiger partial charge on any atom is -0.444 e. The van der Waals surface area contributed by atoms with E-state index in [1.165, 1.54) is 5.56 Å². The molecule has 22 heavy (non-hydrogen) atoms. The van der Waals surface area contributed by atoms with Crippen LogP contribution < -0.4 is 10.6 Å². The van der Waals surface area contributed by atoms with Crippen LogP contribution >= 0.6 is 15.9 Å². The Hall–Kier alpha value is -1.07. The van der Waals surface area contributed by atoms with Gasteiger partial charge in [0.05, 0.1) is 5.54 Å². The van der Waals surface area contributed by atoms with Gasteiger partial charge in [0.2, 0.25) is 0 Å².